The topological polar surface area (TPSA) is 104 Å². The average molecular weight is 338 g/mol. The number of nitrogens with one attached hydrogen (secondary N) is 1. The van der Waals surface area contributed by atoms with E-state index in [0.717, 1.165) is 0 Å². The molecule has 100 valence electrons. The third kappa shape index (κ3) is 3.77. The van der Waals surface area contributed by atoms with E-state index in [1.54, 1.807) is 6.07 Å². The van der Waals surface area contributed by atoms with E-state index >= 15 is 0 Å². The van der Waals surface area contributed by atoms with Crippen molar-refractivity contribution in [2.24, 2.45) is 0 Å². The first-order valence-electron chi connectivity index (χ1n) is 4.99. The van der Waals surface area contributed by atoms with Crippen molar-refractivity contribution in [2.45, 2.75) is 17.4 Å². The van der Waals surface area contributed by atoms with E-state index in [2.05, 4.69) is 15.9 Å². The normalized spacial score (nSPS) is 13.2. The summed E-state index contributed by atoms with van der Waals surface area (Å²) in [6, 6.07) is 4.71. The summed E-state index contributed by atoms with van der Waals surface area (Å²) in [5, 5.41) is 17.5. The van der Waals surface area contributed by atoms with E-state index < -0.39 is 28.6 Å². The molecule has 0 heterocycles. The summed E-state index contributed by atoms with van der Waals surface area (Å²) in [5.74, 6) is -1.33. The minimum atomic E-state index is -3.95. The molecule has 1 rings (SSSR count). The van der Waals surface area contributed by atoms with E-state index in [0.29, 0.717) is 4.47 Å². The van der Waals surface area contributed by atoms with Crippen molar-refractivity contribution in [1.29, 1.82) is 0 Å². The first-order valence-corrected chi connectivity index (χ1v) is 7.26. The highest BCUT2D eigenvalue weighted by Crippen LogP contribution is 2.21. The molecule has 0 spiro atoms. The molecule has 0 radical (unpaired) electrons. The second kappa shape index (κ2) is 6.28. The predicted octanol–water partition coefficient (Wildman–Crippen LogP) is 0.563. The molecule has 0 saturated heterocycles. The first kappa shape index (κ1) is 15.1. The lowest BCUT2D eigenvalue weighted by atomic mass is 10.2. The molecule has 0 bridgehead atoms. The summed E-state index contributed by atoms with van der Waals surface area (Å²) in [6.45, 7) is -0.421. The minimum absolute atomic E-state index is 0.0470. The van der Waals surface area contributed by atoms with Gasteiger partial charge in [0, 0.05) is 11.1 Å². The van der Waals surface area contributed by atoms with Crippen LogP contribution in [0.1, 0.15) is 6.42 Å². The monoisotopic (exact) mass is 337 g/mol. The van der Waals surface area contributed by atoms with Crippen LogP contribution in [-0.4, -0.2) is 37.2 Å². The lowest BCUT2D eigenvalue weighted by Crippen LogP contribution is -2.41. The fraction of sp³-hybridized carbons (Fsp3) is 0.300. The van der Waals surface area contributed by atoms with E-state index in [-0.39, 0.29) is 11.3 Å². The van der Waals surface area contributed by atoms with Crippen LogP contribution in [0.25, 0.3) is 0 Å². The Labute approximate surface area is 113 Å². The van der Waals surface area contributed by atoms with Gasteiger partial charge in [0.15, 0.2) is 0 Å². The molecular weight excluding hydrogens is 326 g/mol. The van der Waals surface area contributed by atoms with Crippen molar-refractivity contribution >= 4 is 31.9 Å². The lowest BCUT2D eigenvalue weighted by molar-refractivity contribution is -0.139. The van der Waals surface area contributed by atoms with Gasteiger partial charge in [0.2, 0.25) is 10.0 Å². The molecule has 0 amide bonds. The zero-order valence-corrected chi connectivity index (χ0v) is 11.6. The van der Waals surface area contributed by atoms with Gasteiger partial charge in [0.05, 0.1) is 4.90 Å². The van der Waals surface area contributed by atoms with Crippen LogP contribution in [0.4, 0.5) is 0 Å². The molecule has 18 heavy (non-hydrogen) atoms. The van der Waals surface area contributed by atoms with Gasteiger partial charge in [-0.1, -0.05) is 12.1 Å². The largest absolute Gasteiger partial charge is 0.480 e. The van der Waals surface area contributed by atoms with Gasteiger partial charge < -0.3 is 10.2 Å². The number of carboxylic acids is 1. The Morgan fingerprint density at radius 1 is 1.39 bits per heavy atom. The van der Waals surface area contributed by atoms with Gasteiger partial charge in [-0.3, -0.25) is 4.79 Å². The van der Waals surface area contributed by atoms with Crippen LogP contribution in [0.2, 0.25) is 0 Å². The number of carboxylic acid groups (broad SMARTS) is 1. The van der Waals surface area contributed by atoms with Crippen molar-refractivity contribution in [3.8, 4) is 0 Å². The van der Waals surface area contributed by atoms with Gasteiger partial charge in [-0.05, 0) is 34.5 Å². The Balaban J connectivity index is 3.01. The Kier molecular flexibility index (Phi) is 5.27. The number of hydrogen-bond acceptors (Lipinski definition) is 4. The molecule has 0 unspecified atom stereocenters. The zero-order valence-electron chi connectivity index (χ0n) is 9.21. The predicted molar refractivity (Wildman–Crippen MR) is 67.6 cm³/mol. The summed E-state index contributed by atoms with van der Waals surface area (Å²) in [6.07, 6.45) is -0.195. The summed E-state index contributed by atoms with van der Waals surface area (Å²) in [5.41, 5.74) is 0. The van der Waals surface area contributed by atoms with Crippen LogP contribution in [0.3, 0.4) is 0 Å². The highest BCUT2D eigenvalue weighted by molar-refractivity contribution is 9.10. The maximum Gasteiger partial charge on any atom is 0.321 e. The van der Waals surface area contributed by atoms with Gasteiger partial charge in [-0.2, -0.15) is 4.72 Å². The van der Waals surface area contributed by atoms with Crippen molar-refractivity contribution in [2.75, 3.05) is 6.61 Å². The number of aliphatic hydroxyl groups excluding tert-OH is 1. The summed E-state index contributed by atoms with van der Waals surface area (Å²) in [4.78, 5) is 10.8. The Morgan fingerprint density at radius 3 is 2.50 bits per heavy atom. The number of benzene rings is 1. The van der Waals surface area contributed by atoms with E-state index in [1.165, 1.54) is 18.2 Å². The van der Waals surface area contributed by atoms with E-state index in [1.807, 2.05) is 4.72 Å². The van der Waals surface area contributed by atoms with Gasteiger partial charge in [0.25, 0.3) is 0 Å². The molecule has 0 saturated carbocycles. The number of hydrogen-bond donors (Lipinski definition) is 3. The van der Waals surface area contributed by atoms with Crippen LogP contribution < -0.4 is 4.72 Å². The second-order valence-electron chi connectivity index (χ2n) is 3.45. The SMILES string of the molecule is O=C(O)[C@@H](CCO)NS(=O)(=O)c1ccccc1Br. The van der Waals surface area contributed by atoms with Crippen molar-refractivity contribution in [1.82, 2.24) is 4.72 Å². The van der Waals surface area contributed by atoms with Gasteiger partial charge in [-0.25, -0.2) is 8.42 Å². The first-order chi connectivity index (χ1) is 8.38. The van der Waals surface area contributed by atoms with Crippen molar-refractivity contribution in [3.05, 3.63) is 28.7 Å². The Hall–Kier alpha value is -0.960. The van der Waals surface area contributed by atoms with Crippen molar-refractivity contribution in [3.63, 3.8) is 0 Å². The second-order valence-corrected chi connectivity index (χ2v) is 5.99. The highest BCUT2D eigenvalue weighted by atomic mass is 79.9. The van der Waals surface area contributed by atoms with Crippen molar-refractivity contribution < 1.29 is 23.4 Å². The molecule has 0 aliphatic heterocycles. The number of aliphatic carboxylic acids is 1. The van der Waals surface area contributed by atoms with E-state index in [9.17, 15) is 13.2 Å². The number of rotatable bonds is 6. The Bertz CT molecular complexity index is 531. The fourth-order valence-corrected chi connectivity index (χ4v) is 3.50. The molecule has 6 nitrogen and oxygen atoms in total. The zero-order chi connectivity index (χ0) is 13.8. The van der Waals surface area contributed by atoms with Gasteiger partial charge >= 0.3 is 5.97 Å². The highest BCUT2D eigenvalue weighted by Gasteiger charge is 2.26. The third-order valence-electron chi connectivity index (χ3n) is 2.14. The molecule has 8 heteroatoms. The van der Waals surface area contributed by atoms with Crippen LogP contribution in [0.5, 0.6) is 0 Å². The number of halogens is 1. The maximum atomic E-state index is 12.0. The number of aliphatic hydroxyl groups is 1. The summed E-state index contributed by atoms with van der Waals surface area (Å²) < 4.78 is 26.3. The van der Waals surface area contributed by atoms with E-state index in [4.69, 9.17) is 10.2 Å². The molecule has 1 atom stereocenters. The summed E-state index contributed by atoms with van der Waals surface area (Å²) in [7, 11) is -3.95. The lowest BCUT2D eigenvalue weighted by Gasteiger charge is -2.14. The van der Waals surface area contributed by atoms with Crippen LogP contribution >= 0.6 is 15.9 Å². The fourth-order valence-electron chi connectivity index (χ4n) is 1.28. The summed E-state index contributed by atoms with van der Waals surface area (Å²) >= 11 is 3.08. The standard InChI is InChI=1S/C10H12BrNO5S/c11-7-3-1-2-4-9(7)18(16,17)12-8(5-6-13)10(14)15/h1-4,8,12-13H,5-6H2,(H,14,15)/t8-/m1/s1. The number of sulfonamides is 1. The number of carbonyl (C=O) groups is 1. The molecule has 0 fully saturated rings. The van der Waals surface area contributed by atoms with Gasteiger partial charge in [-0.15, -0.1) is 0 Å². The molecule has 0 aromatic heterocycles. The minimum Gasteiger partial charge on any atom is -0.480 e. The molecule has 1 aromatic rings. The molecule has 3 N–H and O–H groups in total. The van der Waals surface area contributed by atoms with Crippen LogP contribution in [-0.2, 0) is 14.8 Å². The molecular formula is C10H12BrNO5S. The smallest absolute Gasteiger partial charge is 0.321 e. The molecule has 0 aliphatic rings. The molecule has 1 aromatic carbocycles. The maximum absolute atomic E-state index is 12.0. The Morgan fingerprint density at radius 2 is 2.00 bits per heavy atom. The molecule has 0 aliphatic carbocycles. The van der Waals surface area contributed by atoms with Crippen LogP contribution in [0.15, 0.2) is 33.6 Å². The average Bonchev–Trinajstić information content (AvgIpc) is 2.28. The quantitative estimate of drug-likeness (QED) is 0.703. The van der Waals surface area contributed by atoms with Gasteiger partial charge in [0.1, 0.15) is 6.04 Å². The third-order valence-corrected chi connectivity index (χ3v) is 4.62. The van der Waals surface area contributed by atoms with Crippen LogP contribution in [0, 0.1) is 0 Å².